The first-order chi connectivity index (χ1) is 13.8. The Morgan fingerprint density at radius 3 is 2.14 bits per heavy atom. The van der Waals surface area contributed by atoms with Crippen molar-refractivity contribution in [1.29, 1.82) is 0 Å². The van der Waals surface area contributed by atoms with Crippen LogP contribution in [-0.2, 0) is 24.4 Å². The highest BCUT2D eigenvalue weighted by molar-refractivity contribution is 7.85. The van der Waals surface area contributed by atoms with Gasteiger partial charge in [-0.05, 0) is 22.3 Å². The molecule has 29 heavy (non-hydrogen) atoms. The van der Waals surface area contributed by atoms with E-state index in [-0.39, 0.29) is 12.5 Å². The molecular weight excluding hydrogens is 398 g/mol. The molecular formula is C20H21NO7S. The number of hydrogen-bond acceptors (Lipinski definition) is 6. The summed E-state index contributed by atoms with van der Waals surface area (Å²) in [7, 11) is -3.27. The minimum Gasteiger partial charge on any atom is -0.469 e. The topological polar surface area (TPSA) is 119 Å². The van der Waals surface area contributed by atoms with Crippen molar-refractivity contribution in [1.82, 2.24) is 5.32 Å². The van der Waals surface area contributed by atoms with Crippen molar-refractivity contribution in [3.63, 3.8) is 0 Å². The number of esters is 1. The summed E-state index contributed by atoms with van der Waals surface area (Å²) >= 11 is 0. The molecule has 1 aliphatic carbocycles. The number of methoxy groups -OCH3 is 1. The fraction of sp³-hybridized carbons (Fsp3) is 0.300. The summed E-state index contributed by atoms with van der Waals surface area (Å²) in [4.78, 5) is 23.7. The van der Waals surface area contributed by atoms with E-state index in [4.69, 9.17) is 9.29 Å². The maximum atomic E-state index is 12.2. The minimum absolute atomic E-state index is 0.0384. The third kappa shape index (κ3) is 5.12. The lowest BCUT2D eigenvalue weighted by atomic mass is 9.98. The average molecular weight is 419 g/mol. The molecule has 3 rings (SSSR count). The van der Waals surface area contributed by atoms with Crippen LogP contribution in [0.2, 0.25) is 0 Å². The molecule has 2 aromatic rings. The van der Waals surface area contributed by atoms with Gasteiger partial charge in [0.25, 0.3) is 10.1 Å². The Hall–Kier alpha value is -2.91. The van der Waals surface area contributed by atoms with Gasteiger partial charge >= 0.3 is 12.1 Å². The number of fused-ring (bicyclic) bond motifs is 3. The molecule has 0 spiro atoms. The number of alkyl carbamates (subject to hydrolysis) is 1. The van der Waals surface area contributed by atoms with Crippen molar-refractivity contribution in [3.05, 3.63) is 59.7 Å². The molecule has 1 aliphatic rings. The Kier molecular flexibility index (Phi) is 6.19. The van der Waals surface area contributed by atoms with Gasteiger partial charge in [0.2, 0.25) is 0 Å². The zero-order chi connectivity index (χ0) is 21.0. The molecule has 8 nitrogen and oxygen atoms in total. The third-order valence-electron chi connectivity index (χ3n) is 4.72. The van der Waals surface area contributed by atoms with Crippen molar-refractivity contribution in [2.75, 3.05) is 19.5 Å². The summed E-state index contributed by atoms with van der Waals surface area (Å²) in [5, 5.41) is 2.31. The molecule has 0 aliphatic heterocycles. The SMILES string of the molecule is COC(=O)C[C@@H](CS(=O)(=O)O)NC(=O)OCC1c2ccccc2-c2ccccc21. The highest BCUT2D eigenvalue weighted by Crippen LogP contribution is 2.44. The Morgan fingerprint density at radius 2 is 1.62 bits per heavy atom. The molecule has 0 saturated carbocycles. The van der Waals surface area contributed by atoms with Crippen LogP contribution < -0.4 is 5.32 Å². The van der Waals surface area contributed by atoms with Gasteiger partial charge in [-0.15, -0.1) is 0 Å². The predicted octanol–water partition coefficient (Wildman–Crippen LogP) is 2.34. The lowest BCUT2D eigenvalue weighted by molar-refractivity contribution is -0.141. The number of carbonyl (C=O) groups excluding carboxylic acids is 2. The quantitative estimate of drug-likeness (QED) is 0.522. The highest BCUT2D eigenvalue weighted by Gasteiger charge is 2.30. The first-order valence-corrected chi connectivity index (χ1v) is 10.5. The second-order valence-corrected chi connectivity index (χ2v) is 8.19. The van der Waals surface area contributed by atoms with Gasteiger partial charge in [-0.2, -0.15) is 8.42 Å². The van der Waals surface area contributed by atoms with Gasteiger partial charge in [-0.25, -0.2) is 4.79 Å². The fourth-order valence-electron chi connectivity index (χ4n) is 3.50. The Bertz CT molecular complexity index is 973. The van der Waals surface area contributed by atoms with Crippen LogP contribution in [0.15, 0.2) is 48.5 Å². The van der Waals surface area contributed by atoms with Crippen LogP contribution in [0.3, 0.4) is 0 Å². The molecule has 2 aromatic carbocycles. The van der Waals surface area contributed by atoms with Crippen molar-refractivity contribution in [3.8, 4) is 11.1 Å². The zero-order valence-electron chi connectivity index (χ0n) is 15.7. The maximum Gasteiger partial charge on any atom is 0.407 e. The molecule has 9 heteroatoms. The van der Waals surface area contributed by atoms with E-state index in [1.165, 1.54) is 0 Å². The van der Waals surface area contributed by atoms with E-state index in [1.54, 1.807) is 0 Å². The van der Waals surface area contributed by atoms with Crippen LogP contribution in [0, 0.1) is 0 Å². The Morgan fingerprint density at radius 1 is 1.07 bits per heavy atom. The largest absolute Gasteiger partial charge is 0.469 e. The van der Waals surface area contributed by atoms with Crippen molar-refractivity contribution in [2.24, 2.45) is 0 Å². The molecule has 0 unspecified atom stereocenters. The summed E-state index contributed by atoms with van der Waals surface area (Å²) in [5.41, 5.74) is 4.22. The standard InChI is InChI=1S/C20H21NO7S/c1-27-19(22)10-13(12-29(24,25)26)21-20(23)28-11-18-16-8-4-2-6-14(16)15-7-3-5-9-17(15)18/h2-9,13,18H,10-12H2,1H3,(H,21,23)(H,24,25,26)/t13-/m0/s1. The van der Waals surface area contributed by atoms with Crippen LogP contribution in [0.4, 0.5) is 4.79 Å². The van der Waals surface area contributed by atoms with Crippen molar-refractivity contribution in [2.45, 2.75) is 18.4 Å². The van der Waals surface area contributed by atoms with Crippen LogP contribution in [0.5, 0.6) is 0 Å². The number of nitrogens with one attached hydrogen (secondary N) is 1. The van der Waals surface area contributed by atoms with E-state index in [2.05, 4.69) is 10.1 Å². The second-order valence-electron chi connectivity index (χ2n) is 6.70. The summed E-state index contributed by atoms with van der Waals surface area (Å²) in [5.74, 6) is -1.71. The van der Waals surface area contributed by atoms with Crippen LogP contribution in [0.1, 0.15) is 23.5 Å². The fourth-order valence-corrected chi connectivity index (χ4v) is 4.21. The molecule has 1 atom stereocenters. The van der Waals surface area contributed by atoms with Gasteiger partial charge in [0.05, 0.1) is 25.3 Å². The van der Waals surface area contributed by atoms with Crippen molar-refractivity contribution >= 4 is 22.2 Å². The second kappa shape index (κ2) is 8.62. The summed E-state index contributed by atoms with van der Waals surface area (Å²) in [6, 6.07) is 14.5. The van der Waals surface area contributed by atoms with E-state index >= 15 is 0 Å². The zero-order valence-corrected chi connectivity index (χ0v) is 16.5. The molecule has 0 radical (unpaired) electrons. The maximum absolute atomic E-state index is 12.2. The predicted molar refractivity (Wildman–Crippen MR) is 105 cm³/mol. The number of benzene rings is 2. The summed E-state index contributed by atoms with van der Waals surface area (Å²) < 4.78 is 41.1. The highest BCUT2D eigenvalue weighted by atomic mass is 32.2. The number of hydrogen-bond donors (Lipinski definition) is 2. The lowest BCUT2D eigenvalue weighted by Crippen LogP contribution is -2.42. The number of amides is 1. The van der Waals surface area contributed by atoms with Gasteiger partial charge in [0, 0.05) is 5.92 Å². The van der Waals surface area contributed by atoms with Gasteiger partial charge in [-0.1, -0.05) is 48.5 Å². The van der Waals surface area contributed by atoms with E-state index in [0.29, 0.717) is 0 Å². The van der Waals surface area contributed by atoms with Crippen LogP contribution in [-0.4, -0.2) is 50.5 Å². The summed E-state index contributed by atoms with van der Waals surface area (Å²) in [6.45, 7) is 0.0384. The molecule has 0 bridgehead atoms. The van der Waals surface area contributed by atoms with Crippen molar-refractivity contribution < 1.29 is 32.0 Å². The van der Waals surface area contributed by atoms with Crippen LogP contribution in [0.25, 0.3) is 11.1 Å². The molecule has 0 heterocycles. The van der Waals surface area contributed by atoms with E-state index in [9.17, 15) is 18.0 Å². The van der Waals surface area contributed by atoms with E-state index in [1.807, 2.05) is 48.5 Å². The van der Waals surface area contributed by atoms with Crippen LogP contribution >= 0.6 is 0 Å². The van der Waals surface area contributed by atoms with E-state index in [0.717, 1.165) is 29.4 Å². The van der Waals surface area contributed by atoms with Gasteiger partial charge in [-0.3, -0.25) is 9.35 Å². The summed E-state index contributed by atoms with van der Waals surface area (Å²) in [6.07, 6.45) is -1.30. The third-order valence-corrected chi connectivity index (χ3v) is 5.54. The number of rotatable bonds is 7. The molecule has 0 fully saturated rings. The monoisotopic (exact) mass is 419 g/mol. The Labute approximate surface area is 168 Å². The van der Waals surface area contributed by atoms with Gasteiger partial charge in [0.15, 0.2) is 0 Å². The first-order valence-electron chi connectivity index (χ1n) is 8.92. The Balaban J connectivity index is 1.69. The number of ether oxygens (including phenoxy) is 2. The van der Waals surface area contributed by atoms with Gasteiger partial charge < -0.3 is 14.8 Å². The lowest BCUT2D eigenvalue weighted by Gasteiger charge is -2.18. The molecule has 2 N–H and O–H groups in total. The molecule has 0 saturated heterocycles. The van der Waals surface area contributed by atoms with E-state index < -0.39 is 40.4 Å². The normalized spacial score (nSPS) is 13.9. The van der Waals surface area contributed by atoms with Gasteiger partial charge in [0.1, 0.15) is 6.61 Å². The number of carbonyl (C=O) groups is 2. The molecule has 154 valence electrons. The molecule has 1 amide bonds. The smallest absolute Gasteiger partial charge is 0.407 e. The molecule has 0 aromatic heterocycles. The minimum atomic E-state index is -4.41. The average Bonchev–Trinajstić information content (AvgIpc) is 2.99. The first kappa shape index (κ1) is 20.8.